The van der Waals surface area contributed by atoms with E-state index in [-0.39, 0.29) is 0 Å². The SMILES string of the molecule is COc1ccc(CNC(=S)NCc2ccc(F)c(F)c2)cc1. The van der Waals surface area contributed by atoms with Gasteiger partial charge in [0, 0.05) is 13.1 Å². The van der Waals surface area contributed by atoms with Crippen LogP contribution < -0.4 is 15.4 Å². The molecule has 0 bridgehead atoms. The van der Waals surface area contributed by atoms with E-state index in [1.165, 1.54) is 6.07 Å². The Morgan fingerprint density at radius 1 is 0.955 bits per heavy atom. The van der Waals surface area contributed by atoms with Crippen LogP contribution in [0.1, 0.15) is 11.1 Å². The van der Waals surface area contributed by atoms with Gasteiger partial charge in [-0.2, -0.15) is 0 Å². The van der Waals surface area contributed by atoms with Crippen LogP contribution in [0.2, 0.25) is 0 Å². The average Bonchev–Trinajstić information content (AvgIpc) is 2.54. The lowest BCUT2D eigenvalue weighted by Crippen LogP contribution is -2.34. The highest BCUT2D eigenvalue weighted by Crippen LogP contribution is 2.11. The number of halogens is 2. The number of benzene rings is 2. The van der Waals surface area contributed by atoms with Gasteiger partial charge in [0.25, 0.3) is 0 Å². The van der Waals surface area contributed by atoms with Crippen molar-refractivity contribution >= 4 is 17.3 Å². The molecule has 0 fully saturated rings. The van der Waals surface area contributed by atoms with Crippen molar-refractivity contribution in [2.24, 2.45) is 0 Å². The van der Waals surface area contributed by atoms with Crippen molar-refractivity contribution in [3.63, 3.8) is 0 Å². The number of hydrogen-bond acceptors (Lipinski definition) is 2. The summed E-state index contributed by atoms with van der Waals surface area (Å²) in [6.07, 6.45) is 0. The fourth-order valence-electron chi connectivity index (χ4n) is 1.82. The molecule has 6 heteroatoms. The van der Waals surface area contributed by atoms with Gasteiger partial charge < -0.3 is 15.4 Å². The normalized spacial score (nSPS) is 10.1. The van der Waals surface area contributed by atoms with Crippen LogP contribution >= 0.6 is 12.2 Å². The van der Waals surface area contributed by atoms with Gasteiger partial charge in [0.05, 0.1) is 7.11 Å². The second kappa shape index (κ2) is 7.70. The Balaban J connectivity index is 1.78. The lowest BCUT2D eigenvalue weighted by Gasteiger charge is -2.11. The smallest absolute Gasteiger partial charge is 0.166 e. The predicted octanol–water partition coefficient (Wildman–Crippen LogP) is 3.14. The third kappa shape index (κ3) is 4.66. The number of thiocarbonyl (C=S) groups is 1. The third-order valence-electron chi connectivity index (χ3n) is 3.05. The van der Waals surface area contributed by atoms with E-state index in [0.717, 1.165) is 23.4 Å². The first-order valence-corrected chi connectivity index (χ1v) is 7.08. The van der Waals surface area contributed by atoms with Gasteiger partial charge in [-0.1, -0.05) is 18.2 Å². The highest BCUT2D eigenvalue weighted by atomic mass is 32.1. The van der Waals surface area contributed by atoms with E-state index in [2.05, 4.69) is 10.6 Å². The third-order valence-corrected chi connectivity index (χ3v) is 3.34. The van der Waals surface area contributed by atoms with E-state index in [0.29, 0.717) is 23.8 Å². The van der Waals surface area contributed by atoms with Crippen LogP contribution in [0.5, 0.6) is 5.75 Å². The van der Waals surface area contributed by atoms with Crippen LogP contribution in [-0.4, -0.2) is 12.2 Å². The molecule has 0 amide bonds. The van der Waals surface area contributed by atoms with Crippen molar-refractivity contribution in [3.8, 4) is 5.75 Å². The first kappa shape index (κ1) is 16.2. The first-order valence-electron chi connectivity index (χ1n) is 6.67. The fraction of sp³-hybridized carbons (Fsp3) is 0.188. The second-order valence-electron chi connectivity index (χ2n) is 4.63. The Morgan fingerprint density at radius 2 is 1.55 bits per heavy atom. The Morgan fingerprint density at radius 3 is 2.14 bits per heavy atom. The Hall–Kier alpha value is -2.21. The van der Waals surface area contributed by atoms with Crippen molar-refractivity contribution in [1.29, 1.82) is 0 Å². The van der Waals surface area contributed by atoms with Crippen LogP contribution in [0.4, 0.5) is 8.78 Å². The average molecular weight is 322 g/mol. The molecule has 0 aliphatic rings. The zero-order valence-corrected chi connectivity index (χ0v) is 12.8. The maximum absolute atomic E-state index is 13.1. The molecule has 0 aliphatic carbocycles. The van der Waals surface area contributed by atoms with Crippen LogP contribution in [0, 0.1) is 11.6 Å². The summed E-state index contributed by atoms with van der Waals surface area (Å²) in [6, 6.07) is 11.4. The van der Waals surface area contributed by atoms with E-state index in [1.807, 2.05) is 24.3 Å². The first-order chi connectivity index (χ1) is 10.6. The molecule has 2 aromatic rings. The molecule has 2 rings (SSSR count). The van der Waals surface area contributed by atoms with Gasteiger partial charge >= 0.3 is 0 Å². The van der Waals surface area contributed by atoms with Gasteiger partial charge in [0.15, 0.2) is 16.7 Å². The molecule has 2 N–H and O–H groups in total. The van der Waals surface area contributed by atoms with Crippen LogP contribution in [0.25, 0.3) is 0 Å². The molecule has 0 aliphatic heterocycles. The molecule has 0 unspecified atom stereocenters. The van der Waals surface area contributed by atoms with Gasteiger partial charge in [-0.15, -0.1) is 0 Å². The van der Waals surface area contributed by atoms with Crippen molar-refractivity contribution < 1.29 is 13.5 Å². The standard InChI is InChI=1S/C16H16F2N2OS/c1-21-13-5-2-11(3-6-13)9-19-16(22)20-10-12-4-7-14(17)15(18)8-12/h2-8H,9-10H2,1H3,(H2,19,20,22). The van der Waals surface area contributed by atoms with E-state index in [1.54, 1.807) is 7.11 Å². The van der Waals surface area contributed by atoms with Gasteiger partial charge in [0.1, 0.15) is 5.75 Å². The molecule has 0 atom stereocenters. The molecule has 116 valence electrons. The minimum absolute atomic E-state index is 0.325. The molecule has 3 nitrogen and oxygen atoms in total. The van der Waals surface area contributed by atoms with Crippen LogP contribution in [0.3, 0.4) is 0 Å². The maximum Gasteiger partial charge on any atom is 0.166 e. The summed E-state index contributed by atoms with van der Waals surface area (Å²) in [6.45, 7) is 0.888. The summed E-state index contributed by atoms with van der Waals surface area (Å²) in [5.74, 6) is -0.928. The summed E-state index contributed by atoms with van der Waals surface area (Å²) in [7, 11) is 1.62. The highest BCUT2D eigenvalue weighted by molar-refractivity contribution is 7.80. The predicted molar refractivity (Wildman–Crippen MR) is 85.6 cm³/mol. The molecule has 2 aromatic carbocycles. The summed E-state index contributed by atoms with van der Waals surface area (Å²) < 4.78 is 31.0. The fourth-order valence-corrected chi connectivity index (χ4v) is 1.96. The second-order valence-corrected chi connectivity index (χ2v) is 5.04. The highest BCUT2D eigenvalue weighted by Gasteiger charge is 2.03. The van der Waals surface area contributed by atoms with E-state index in [9.17, 15) is 8.78 Å². The molecule has 0 spiro atoms. The van der Waals surface area contributed by atoms with Gasteiger partial charge in [0.2, 0.25) is 0 Å². The van der Waals surface area contributed by atoms with E-state index < -0.39 is 11.6 Å². The van der Waals surface area contributed by atoms with Gasteiger partial charge in [-0.05, 0) is 47.6 Å². The quantitative estimate of drug-likeness (QED) is 0.829. The summed E-state index contributed by atoms with van der Waals surface area (Å²) in [4.78, 5) is 0. The molecule has 0 radical (unpaired) electrons. The molecule has 0 saturated carbocycles. The molecular weight excluding hydrogens is 306 g/mol. The summed E-state index contributed by atoms with van der Waals surface area (Å²) in [5, 5.41) is 6.43. The summed E-state index contributed by atoms with van der Waals surface area (Å²) in [5.41, 5.74) is 1.67. The molecule has 0 saturated heterocycles. The zero-order chi connectivity index (χ0) is 15.9. The minimum atomic E-state index is -0.864. The largest absolute Gasteiger partial charge is 0.497 e. The summed E-state index contributed by atoms with van der Waals surface area (Å²) >= 11 is 5.14. The minimum Gasteiger partial charge on any atom is -0.497 e. The topological polar surface area (TPSA) is 33.3 Å². The number of methoxy groups -OCH3 is 1. The number of hydrogen-bond donors (Lipinski definition) is 2. The molecule has 0 aromatic heterocycles. The Bertz CT molecular complexity index is 647. The number of rotatable bonds is 5. The van der Waals surface area contributed by atoms with Gasteiger partial charge in [-0.25, -0.2) is 8.78 Å². The lowest BCUT2D eigenvalue weighted by molar-refractivity contribution is 0.414. The zero-order valence-electron chi connectivity index (χ0n) is 12.0. The van der Waals surface area contributed by atoms with Crippen molar-refractivity contribution in [3.05, 3.63) is 65.2 Å². The van der Waals surface area contributed by atoms with E-state index >= 15 is 0 Å². The molecular formula is C16H16F2N2OS. The monoisotopic (exact) mass is 322 g/mol. The van der Waals surface area contributed by atoms with Crippen molar-refractivity contribution in [1.82, 2.24) is 10.6 Å². The Kier molecular flexibility index (Phi) is 5.66. The van der Waals surface area contributed by atoms with Gasteiger partial charge in [-0.3, -0.25) is 0 Å². The molecule has 0 heterocycles. The van der Waals surface area contributed by atoms with E-state index in [4.69, 9.17) is 17.0 Å². The number of ether oxygens (including phenoxy) is 1. The maximum atomic E-state index is 13.1. The molecule has 22 heavy (non-hydrogen) atoms. The van der Waals surface area contributed by atoms with Crippen molar-refractivity contribution in [2.75, 3.05) is 7.11 Å². The van der Waals surface area contributed by atoms with Crippen molar-refractivity contribution in [2.45, 2.75) is 13.1 Å². The van der Waals surface area contributed by atoms with Crippen LogP contribution in [-0.2, 0) is 13.1 Å². The van der Waals surface area contributed by atoms with Crippen LogP contribution in [0.15, 0.2) is 42.5 Å². The lowest BCUT2D eigenvalue weighted by atomic mass is 10.2. The Labute approximate surface area is 133 Å². The number of nitrogens with one attached hydrogen (secondary N) is 2.